The summed E-state index contributed by atoms with van der Waals surface area (Å²) in [5.41, 5.74) is 4.08. The normalized spacial score (nSPS) is 12.0. The van der Waals surface area contributed by atoms with E-state index in [9.17, 15) is 9.36 Å². The molecule has 0 bridgehead atoms. The molecule has 0 N–H and O–H groups in total. The van der Waals surface area contributed by atoms with Gasteiger partial charge in [0.05, 0.1) is 6.61 Å². The first kappa shape index (κ1) is 17.4. The van der Waals surface area contributed by atoms with Gasteiger partial charge >= 0.3 is 0 Å². The zero-order chi connectivity index (χ0) is 17.0. The lowest BCUT2D eigenvalue weighted by Crippen LogP contribution is -2.16. The largest absolute Gasteiger partial charge is 0.323 e. The molecule has 0 radical (unpaired) electrons. The highest BCUT2D eigenvalue weighted by atomic mass is 31.1. The summed E-state index contributed by atoms with van der Waals surface area (Å²) < 4.78 is 17.6. The predicted octanol–water partition coefficient (Wildman–Crippen LogP) is 4.15. The molecule has 0 aliphatic rings. The maximum absolute atomic E-state index is 13.0. The summed E-state index contributed by atoms with van der Waals surface area (Å²) in [4.78, 5) is 13.0. The van der Waals surface area contributed by atoms with Crippen LogP contribution < -0.4 is 5.30 Å². The van der Waals surface area contributed by atoms with Crippen LogP contribution in [0.2, 0.25) is 0 Å². The van der Waals surface area contributed by atoms with E-state index >= 15 is 0 Å². The Labute approximate surface area is 137 Å². The van der Waals surface area contributed by atoms with E-state index in [0.717, 1.165) is 16.7 Å². The summed E-state index contributed by atoms with van der Waals surface area (Å²) in [5, 5.41) is 0.462. The average Bonchev–Trinajstić information content (AvgIpc) is 2.51. The molecule has 0 aliphatic carbocycles. The minimum absolute atomic E-state index is 0.115. The topological polar surface area (TPSA) is 43.4 Å². The number of aryl methyl sites for hydroxylation is 3. The number of carbonyl (C=O) groups excluding carboxylic acids is 1. The summed E-state index contributed by atoms with van der Waals surface area (Å²) in [6.45, 7) is 9.60. The second-order valence-electron chi connectivity index (χ2n) is 5.54. The molecule has 0 amide bonds. The molecule has 1 unspecified atom stereocenters. The number of ketones is 1. The highest BCUT2D eigenvalue weighted by molar-refractivity contribution is 7.48. The molecule has 2 aromatic rings. The Hall–Kier alpha value is -1.96. The standard InChI is InChI=1S/C19H21O3P/c1-5-10-22-23(21)17-9-7-6-8-16(17)19(20)18-14(3)11-13(2)12-15(18)4/h5-9,11-12,23H,1,10H2,2-4H3. The Bertz CT molecular complexity index is 755. The number of hydrogen-bond donors (Lipinski definition) is 0. The van der Waals surface area contributed by atoms with Gasteiger partial charge in [-0.05, 0) is 38.0 Å². The average molecular weight is 328 g/mol. The van der Waals surface area contributed by atoms with E-state index < -0.39 is 8.03 Å². The first-order valence-electron chi connectivity index (χ1n) is 7.45. The molecule has 2 aromatic carbocycles. The monoisotopic (exact) mass is 328 g/mol. The lowest BCUT2D eigenvalue weighted by molar-refractivity contribution is 0.103. The van der Waals surface area contributed by atoms with Gasteiger partial charge in [-0.3, -0.25) is 9.36 Å². The molecule has 3 nitrogen and oxygen atoms in total. The van der Waals surface area contributed by atoms with Crippen LogP contribution in [0.1, 0.15) is 32.6 Å². The van der Waals surface area contributed by atoms with Crippen LogP contribution in [0.3, 0.4) is 0 Å². The fraction of sp³-hybridized carbons (Fsp3) is 0.211. The van der Waals surface area contributed by atoms with Gasteiger partial charge < -0.3 is 4.52 Å². The Morgan fingerprint density at radius 1 is 1.17 bits per heavy atom. The van der Waals surface area contributed by atoms with Crippen molar-refractivity contribution in [3.8, 4) is 0 Å². The lowest BCUT2D eigenvalue weighted by Gasteiger charge is -2.13. The zero-order valence-electron chi connectivity index (χ0n) is 13.7. The lowest BCUT2D eigenvalue weighted by atomic mass is 9.93. The second-order valence-corrected chi connectivity index (χ2v) is 6.94. The van der Waals surface area contributed by atoms with Gasteiger partial charge in [0.1, 0.15) is 0 Å². The van der Waals surface area contributed by atoms with E-state index in [0.29, 0.717) is 16.4 Å². The van der Waals surface area contributed by atoms with Crippen molar-refractivity contribution in [3.63, 3.8) is 0 Å². The van der Waals surface area contributed by atoms with Crippen molar-refractivity contribution < 1.29 is 13.9 Å². The van der Waals surface area contributed by atoms with Crippen LogP contribution in [0, 0.1) is 20.8 Å². The Morgan fingerprint density at radius 2 is 1.78 bits per heavy atom. The van der Waals surface area contributed by atoms with Gasteiger partial charge in [-0.25, -0.2) is 0 Å². The molecule has 120 valence electrons. The maximum Gasteiger partial charge on any atom is 0.221 e. The van der Waals surface area contributed by atoms with Gasteiger partial charge in [0.2, 0.25) is 8.03 Å². The molecule has 0 fully saturated rings. The summed E-state index contributed by atoms with van der Waals surface area (Å²) in [5.74, 6) is -0.115. The van der Waals surface area contributed by atoms with E-state index in [4.69, 9.17) is 4.52 Å². The van der Waals surface area contributed by atoms with E-state index in [2.05, 4.69) is 6.58 Å². The fourth-order valence-corrected chi connectivity index (χ4v) is 3.82. The SMILES string of the molecule is C=CCO[PH](=O)c1ccccc1C(=O)c1c(C)cc(C)cc1C. The van der Waals surface area contributed by atoms with Crippen LogP contribution in [0.5, 0.6) is 0 Å². The number of benzene rings is 2. The van der Waals surface area contributed by atoms with Crippen LogP contribution in [0.15, 0.2) is 49.1 Å². The molecule has 0 saturated carbocycles. The number of hydrogen-bond acceptors (Lipinski definition) is 3. The van der Waals surface area contributed by atoms with Crippen LogP contribution in [0.25, 0.3) is 0 Å². The summed E-state index contributed by atoms with van der Waals surface area (Å²) in [6, 6.07) is 10.9. The zero-order valence-corrected chi connectivity index (χ0v) is 14.7. The first-order valence-corrected chi connectivity index (χ1v) is 8.77. The highest BCUT2D eigenvalue weighted by Gasteiger charge is 2.20. The van der Waals surface area contributed by atoms with Crippen LogP contribution in [-0.4, -0.2) is 12.4 Å². The van der Waals surface area contributed by atoms with E-state index in [1.807, 2.05) is 32.9 Å². The van der Waals surface area contributed by atoms with Gasteiger partial charge in [-0.1, -0.05) is 42.0 Å². The summed E-state index contributed by atoms with van der Waals surface area (Å²) >= 11 is 0. The second kappa shape index (κ2) is 7.54. The minimum Gasteiger partial charge on any atom is -0.323 e. The van der Waals surface area contributed by atoms with E-state index in [1.54, 1.807) is 30.3 Å². The Morgan fingerprint density at radius 3 is 2.39 bits per heavy atom. The summed E-state index contributed by atoms with van der Waals surface area (Å²) in [7, 11) is -2.49. The third-order valence-corrected chi connectivity index (χ3v) is 4.93. The van der Waals surface area contributed by atoms with Gasteiger partial charge in [0.15, 0.2) is 5.78 Å². The molecule has 0 spiro atoms. The third-order valence-electron chi connectivity index (χ3n) is 3.63. The van der Waals surface area contributed by atoms with E-state index in [-0.39, 0.29) is 12.4 Å². The van der Waals surface area contributed by atoms with Crippen molar-refractivity contribution in [1.29, 1.82) is 0 Å². The predicted molar refractivity (Wildman–Crippen MR) is 95.3 cm³/mol. The van der Waals surface area contributed by atoms with Crippen molar-refractivity contribution in [2.75, 3.05) is 6.61 Å². The molecule has 1 atom stereocenters. The molecule has 4 heteroatoms. The van der Waals surface area contributed by atoms with Crippen LogP contribution in [-0.2, 0) is 9.09 Å². The molecular formula is C19H21O3P. The first-order chi connectivity index (χ1) is 11.0. The molecule has 0 aromatic heterocycles. The minimum atomic E-state index is -2.49. The van der Waals surface area contributed by atoms with Crippen molar-refractivity contribution in [2.45, 2.75) is 20.8 Å². The van der Waals surface area contributed by atoms with Crippen LogP contribution >= 0.6 is 8.03 Å². The van der Waals surface area contributed by atoms with Crippen molar-refractivity contribution >= 4 is 19.1 Å². The molecule has 0 aliphatic heterocycles. The van der Waals surface area contributed by atoms with Gasteiger partial charge in [-0.2, -0.15) is 0 Å². The third kappa shape index (κ3) is 3.87. The summed E-state index contributed by atoms with van der Waals surface area (Å²) in [6.07, 6.45) is 1.54. The smallest absolute Gasteiger partial charge is 0.221 e. The highest BCUT2D eigenvalue weighted by Crippen LogP contribution is 2.26. The van der Waals surface area contributed by atoms with Crippen LogP contribution in [0.4, 0.5) is 0 Å². The number of rotatable bonds is 6. The van der Waals surface area contributed by atoms with Gasteiger partial charge in [-0.15, -0.1) is 6.58 Å². The van der Waals surface area contributed by atoms with E-state index in [1.165, 1.54) is 0 Å². The molecular weight excluding hydrogens is 307 g/mol. The van der Waals surface area contributed by atoms with Gasteiger partial charge in [0.25, 0.3) is 0 Å². The molecule has 0 saturated heterocycles. The van der Waals surface area contributed by atoms with Crippen molar-refractivity contribution in [2.24, 2.45) is 0 Å². The molecule has 2 rings (SSSR count). The Balaban J connectivity index is 2.49. The van der Waals surface area contributed by atoms with Crippen molar-refractivity contribution in [1.82, 2.24) is 0 Å². The Kier molecular flexibility index (Phi) is 5.70. The fourth-order valence-electron chi connectivity index (χ4n) is 2.74. The number of carbonyl (C=O) groups is 1. The quantitative estimate of drug-likeness (QED) is 0.455. The van der Waals surface area contributed by atoms with Gasteiger partial charge in [0, 0.05) is 16.4 Å². The maximum atomic E-state index is 13.0. The van der Waals surface area contributed by atoms with Crippen molar-refractivity contribution in [3.05, 3.63) is 76.9 Å². The molecule has 23 heavy (non-hydrogen) atoms. The molecule has 0 heterocycles.